The van der Waals surface area contributed by atoms with Crippen LogP contribution in [0.4, 0.5) is 0 Å². The van der Waals surface area contributed by atoms with Crippen LogP contribution in [0.25, 0.3) is 0 Å². The van der Waals surface area contributed by atoms with Crippen molar-refractivity contribution in [3.8, 4) is 0 Å². The highest BCUT2D eigenvalue weighted by Crippen LogP contribution is 1.89. The Balaban J connectivity index is -0.0000000351. The lowest BCUT2D eigenvalue weighted by Gasteiger charge is -1.69. The van der Waals surface area contributed by atoms with E-state index in [9.17, 15) is 0 Å². The third-order valence-corrected chi connectivity index (χ3v) is 0.667. The van der Waals surface area contributed by atoms with Gasteiger partial charge in [0, 0.05) is 37.2 Å². The molecule has 0 amide bonds. The van der Waals surface area contributed by atoms with Crippen LogP contribution in [0.5, 0.6) is 0 Å². The highest BCUT2D eigenvalue weighted by Gasteiger charge is 1.57. The molecule has 0 heterocycles. The molecule has 1 aromatic carbocycles. The second kappa shape index (κ2) is 75.7. The summed E-state index contributed by atoms with van der Waals surface area (Å²) in [6.45, 7) is 16.0. The Kier molecular flexibility index (Phi) is 142. The van der Waals surface area contributed by atoms with Gasteiger partial charge in [-0.15, -0.1) is 0 Å². The molecule has 0 fully saturated rings. The molecular weight excluding hydrogens is 422 g/mol. The molecule has 0 saturated heterocycles. The number of hydrogen-bond donors (Lipinski definition) is 0. The maximum absolute atomic E-state index is 2.12. The normalized spacial score (nSPS) is 4.88. The van der Waals surface area contributed by atoms with Crippen LogP contribution in [0.3, 0.4) is 0 Å². The Hall–Kier alpha value is 0.680. The first-order chi connectivity index (χ1) is 8.00. The summed E-state index contributed by atoms with van der Waals surface area (Å²) in [7, 11) is 0. The second-order valence-electron chi connectivity index (χ2n) is 1.15. The lowest BCUT2D eigenvalue weighted by Crippen LogP contribution is -1.47. The van der Waals surface area contributed by atoms with Crippen molar-refractivity contribution in [2.45, 2.75) is 55.4 Å². The summed E-state index contributed by atoms with van der Waals surface area (Å²) < 4.78 is 0. The smallest absolute Gasteiger partial charge is 0 e. The van der Waals surface area contributed by atoms with Gasteiger partial charge in [-0.2, -0.15) is 0 Å². The van der Waals surface area contributed by atoms with Crippen LogP contribution < -0.4 is 0 Å². The molecule has 0 nitrogen and oxygen atoms in total. The van der Waals surface area contributed by atoms with Gasteiger partial charge in [0.15, 0.2) is 0 Å². The monoisotopic (exact) mass is 452 g/mol. The number of halogens is 2. The van der Waals surface area contributed by atoms with Gasteiger partial charge < -0.3 is 0 Å². The van der Waals surface area contributed by atoms with E-state index in [1.54, 1.807) is 0 Å². The summed E-state index contributed by atoms with van der Waals surface area (Å²) in [5, 5.41) is 0. The molecule has 0 spiro atoms. The van der Waals surface area contributed by atoms with Crippen molar-refractivity contribution < 1.29 is 0 Å². The summed E-state index contributed by atoms with van der Waals surface area (Å²) in [4.78, 5) is 0. The van der Waals surface area contributed by atoms with E-state index in [0.717, 1.165) is 0 Å². The molecular formula is C14H30I2. The Labute approximate surface area is 128 Å². The zero-order valence-corrected chi connectivity index (χ0v) is 16.5. The minimum Gasteiger partial charge on any atom is -0.0683 e. The van der Waals surface area contributed by atoms with Gasteiger partial charge in [0.1, 0.15) is 0 Å². The fourth-order valence-electron chi connectivity index (χ4n) is 0.385. The van der Waals surface area contributed by atoms with Gasteiger partial charge >= 0.3 is 0 Å². The van der Waals surface area contributed by atoms with Gasteiger partial charge in [0.25, 0.3) is 0 Å². The largest absolute Gasteiger partial charge is 0.0683 e. The van der Waals surface area contributed by atoms with Crippen molar-refractivity contribution in [3.05, 3.63) is 36.4 Å². The Morgan fingerprint density at radius 1 is 0.375 bits per heavy atom. The average molecular weight is 452 g/mol. The lowest BCUT2D eigenvalue weighted by atomic mass is 10.4. The molecule has 0 saturated carbocycles. The van der Waals surface area contributed by atoms with E-state index in [0.29, 0.717) is 0 Å². The minimum atomic E-state index is 2.00. The van der Waals surface area contributed by atoms with Gasteiger partial charge in [-0.05, 0) is 0 Å². The van der Waals surface area contributed by atoms with Crippen molar-refractivity contribution >= 4 is 37.2 Å². The highest BCUT2D eigenvalue weighted by atomic mass is 128. The predicted molar refractivity (Wildman–Crippen MR) is 99.9 cm³/mol. The van der Waals surface area contributed by atoms with E-state index in [-0.39, 0.29) is 0 Å². The van der Waals surface area contributed by atoms with Gasteiger partial charge in [-0.1, -0.05) is 91.8 Å². The Bertz CT molecular complexity index is 80.7. The van der Waals surface area contributed by atoms with E-state index in [4.69, 9.17) is 0 Å². The standard InChI is InChI=1S/C6H6.4C2H6.I2/c1-2-4-6-5-3-1;5*1-2/h1-6H;4*1-2H3;. The van der Waals surface area contributed by atoms with Crippen LogP contribution in [0, 0.1) is 0 Å². The summed E-state index contributed by atoms with van der Waals surface area (Å²) in [5.74, 6) is 0. The minimum absolute atomic E-state index is 2.00. The van der Waals surface area contributed by atoms with Gasteiger partial charge in [0.2, 0.25) is 0 Å². The molecule has 0 atom stereocenters. The maximum Gasteiger partial charge on any atom is 0 e. The maximum atomic E-state index is 2.12. The van der Waals surface area contributed by atoms with E-state index in [2.05, 4.69) is 37.2 Å². The molecule has 0 aliphatic carbocycles. The molecule has 0 radical (unpaired) electrons. The number of benzene rings is 1. The van der Waals surface area contributed by atoms with Crippen LogP contribution in [-0.2, 0) is 0 Å². The molecule has 0 N–H and O–H groups in total. The molecule has 0 aromatic heterocycles. The van der Waals surface area contributed by atoms with E-state index >= 15 is 0 Å². The van der Waals surface area contributed by atoms with Crippen molar-refractivity contribution in [2.24, 2.45) is 0 Å². The van der Waals surface area contributed by atoms with Gasteiger partial charge in [-0.3, -0.25) is 0 Å². The van der Waals surface area contributed by atoms with Gasteiger partial charge in [-0.25, -0.2) is 0 Å². The van der Waals surface area contributed by atoms with Crippen molar-refractivity contribution in [3.63, 3.8) is 0 Å². The van der Waals surface area contributed by atoms with Crippen molar-refractivity contribution in [1.82, 2.24) is 0 Å². The number of hydrogen-bond acceptors (Lipinski definition) is 0. The average Bonchev–Trinajstić information content (AvgIpc) is 2.51. The summed E-state index contributed by atoms with van der Waals surface area (Å²) in [6.07, 6.45) is 0. The van der Waals surface area contributed by atoms with Gasteiger partial charge in [0.05, 0.1) is 0 Å². The highest BCUT2D eigenvalue weighted by molar-refractivity contribution is 15.0. The predicted octanol–water partition coefficient (Wildman–Crippen LogP) is 7.56. The van der Waals surface area contributed by atoms with Crippen LogP contribution in [0.1, 0.15) is 55.4 Å². The fourth-order valence-corrected chi connectivity index (χ4v) is 0.385. The van der Waals surface area contributed by atoms with Crippen LogP contribution in [0.2, 0.25) is 0 Å². The van der Waals surface area contributed by atoms with Crippen molar-refractivity contribution in [1.29, 1.82) is 0 Å². The fraction of sp³-hybridized carbons (Fsp3) is 0.571. The molecule has 100 valence electrons. The number of rotatable bonds is 0. The third kappa shape index (κ3) is 61.6. The zero-order valence-electron chi connectivity index (χ0n) is 12.2. The molecule has 0 aliphatic heterocycles. The van der Waals surface area contributed by atoms with E-state index in [1.165, 1.54) is 0 Å². The van der Waals surface area contributed by atoms with Crippen LogP contribution in [-0.4, -0.2) is 0 Å². The van der Waals surface area contributed by atoms with Crippen LogP contribution in [0.15, 0.2) is 36.4 Å². The second-order valence-corrected chi connectivity index (χ2v) is 1.15. The molecule has 2 heteroatoms. The SMILES string of the molecule is CC.CC.CC.CC.II.c1ccccc1. The lowest BCUT2D eigenvalue weighted by molar-refractivity contribution is 1.50. The topological polar surface area (TPSA) is 0 Å². The first-order valence-electron chi connectivity index (χ1n) is 6.14. The Morgan fingerprint density at radius 2 is 0.438 bits per heavy atom. The summed E-state index contributed by atoms with van der Waals surface area (Å²) >= 11 is 4.24. The quantitative estimate of drug-likeness (QED) is 0.357. The first kappa shape index (κ1) is 30.1. The van der Waals surface area contributed by atoms with E-state index in [1.807, 2.05) is 91.8 Å². The molecule has 1 aromatic rings. The van der Waals surface area contributed by atoms with E-state index < -0.39 is 0 Å². The zero-order chi connectivity index (χ0) is 14.2. The summed E-state index contributed by atoms with van der Waals surface area (Å²) in [6, 6.07) is 12.0. The molecule has 0 unspecified atom stereocenters. The molecule has 16 heavy (non-hydrogen) atoms. The summed E-state index contributed by atoms with van der Waals surface area (Å²) in [5.41, 5.74) is 0. The van der Waals surface area contributed by atoms with Crippen LogP contribution >= 0.6 is 37.2 Å². The Morgan fingerprint density at radius 3 is 0.500 bits per heavy atom. The molecule has 1 rings (SSSR count). The molecule has 0 bridgehead atoms. The van der Waals surface area contributed by atoms with Crippen molar-refractivity contribution in [2.75, 3.05) is 0 Å². The first-order valence-corrected chi connectivity index (χ1v) is 12.4. The third-order valence-electron chi connectivity index (χ3n) is 0.667. The molecule has 0 aliphatic rings.